The molecular weight excluding hydrogens is 539 g/mol. The Morgan fingerprint density at radius 1 is 1.07 bits per heavy atom. The van der Waals surface area contributed by atoms with E-state index in [2.05, 4.69) is 13.0 Å². The number of alkyl halides is 1. The summed E-state index contributed by atoms with van der Waals surface area (Å²) >= 11 is 0. The van der Waals surface area contributed by atoms with Gasteiger partial charge in [0, 0.05) is 24.6 Å². The number of phenolic OH excluding ortho intramolecular Hbond substituents is 1. The monoisotopic (exact) mass is 586 g/mol. The van der Waals surface area contributed by atoms with Crippen LogP contribution < -0.4 is 0 Å². The van der Waals surface area contributed by atoms with Gasteiger partial charge < -0.3 is 15.1 Å². The molecule has 0 unspecified atom stereocenters. The number of hydrogen-bond donors (Lipinski definition) is 2. The fourth-order valence-corrected chi connectivity index (χ4v) is 9.57. The van der Waals surface area contributed by atoms with Gasteiger partial charge in [-0.15, -0.1) is 0 Å². The van der Waals surface area contributed by atoms with Crippen LogP contribution in [0.25, 0.3) is 0 Å². The second-order valence-electron chi connectivity index (χ2n) is 14.3. The van der Waals surface area contributed by atoms with Crippen LogP contribution in [0.5, 0.6) is 5.75 Å². The van der Waals surface area contributed by atoms with Gasteiger partial charge in [-0.2, -0.15) is 5.26 Å². The van der Waals surface area contributed by atoms with E-state index in [1.54, 1.807) is 30.3 Å². The number of nitriles is 1. The van der Waals surface area contributed by atoms with Crippen molar-refractivity contribution < 1.29 is 19.4 Å². The van der Waals surface area contributed by atoms with Crippen LogP contribution in [0.2, 0.25) is 0 Å². The lowest BCUT2D eigenvalue weighted by Crippen LogP contribution is -2.51. The minimum Gasteiger partial charge on any atom is -0.508 e. The van der Waals surface area contributed by atoms with Crippen LogP contribution in [-0.4, -0.2) is 46.4 Å². The lowest BCUT2D eigenvalue weighted by atomic mass is 9.51. The first-order chi connectivity index (χ1) is 20.8. The standard InChI is InChI=1S/C37H47FN2O3/c1-37-21-32(38)35-30-15-14-29(41)20-28(30)19-27(34(35)31(37)16-17-33(37)42)9-5-6-18-40(23-25-7-3-2-4-8-25)36(43)26-12-10-24(22-39)11-13-26/h10-15,20,25,27,31-35,41-42H,2-9,16-19,21,23H2,1H3/t27-,31+,32+,33+,34+,35+,37+/m1/s1. The van der Waals surface area contributed by atoms with Crippen molar-refractivity contribution in [1.82, 2.24) is 4.90 Å². The number of carbonyl (C=O) groups is 1. The van der Waals surface area contributed by atoms with Gasteiger partial charge in [-0.3, -0.25) is 4.79 Å². The Kier molecular flexibility index (Phi) is 8.83. The highest BCUT2D eigenvalue weighted by atomic mass is 19.1. The van der Waals surface area contributed by atoms with Gasteiger partial charge in [-0.25, -0.2) is 4.39 Å². The maximum absolute atomic E-state index is 16.1. The molecule has 0 aromatic heterocycles. The van der Waals surface area contributed by atoms with E-state index in [1.807, 2.05) is 17.0 Å². The molecule has 3 fully saturated rings. The Hall–Kier alpha value is -2.91. The fraction of sp³-hybridized carbons (Fsp3) is 0.622. The molecule has 0 aliphatic heterocycles. The molecule has 0 radical (unpaired) electrons. The summed E-state index contributed by atoms with van der Waals surface area (Å²) in [6.07, 6.45) is 10.4. The Balaban J connectivity index is 1.17. The summed E-state index contributed by atoms with van der Waals surface area (Å²) in [7, 11) is 0. The number of unbranched alkanes of at least 4 members (excludes halogenated alkanes) is 1. The van der Waals surface area contributed by atoms with Crippen LogP contribution in [0, 0.1) is 40.4 Å². The first kappa shape index (κ1) is 30.1. The molecule has 0 saturated heterocycles. The molecule has 5 nitrogen and oxygen atoms in total. The molecule has 2 aromatic carbocycles. The highest BCUT2D eigenvalue weighted by Crippen LogP contribution is 2.63. The van der Waals surface area contributed by atoms with Gasteiger partial charge >= 0.3 is 0 Å². The highest BCUT2D eigenvalue weighted by molar-refractivity contribution is 5.94. The summed E-state index contributed by atoms with van der Waals surface area (Å²) in [5.74, 6) is 1.40. The predicted molar refractivity (Wildman–Crippen MR) is 165 cm³/mol. The van der Waals surface area contributed by atoms with Gasteiger partial charge in [-0.1, -0.05) is 38.7 Å². The zero-order chi connectivity index (χ0) is 30.1. The summed E-state index contributed by atoms with van der Waals surface area (Å²) in [6.45, 7) is 3.58. The number of rotatable bonds is 8. The summed E-state index contributed by atoms with van der Waals surface area (Å²) < 4.78 is 16.1. The molecule has 0 spiro atoms. The molecule has 0 heterocycles. The maximum Gasteiger partial charge on any atom is 0.253 e. The van der Waals surface area contributed by atoms with Crippen LogP contribution in [-0.2, 0) is 6.42 Å². The molecule has 2 aromatic rings. The molecule has 4 aliphatic rings. The zero-order valence-corrected chi connectivity index (χ0v) is 25.6. The molecule has 1 amide bonds. The minimum absolute atomic E-state index is 0.0421. The first-order valence-electron chi connectivity index (χ1n) is 16.7. The Bertz CT molecular complexity index is 1330. The molecule has 6 heteroatoms. The Morgan fingerprint density at radius 2 is 1.84 bits per heavy atom. The molecule has 230 valence electrons. The number of aliphatic hydroxyl groups is 1. The summed E-state index contributed by atoms with van der Waals surface area (Å²) in [6, 6.07) is 14.6. The van der Waals surface area contributed by atoms with E-state index in [9.17, 15) is 20.3 Å². The molecule has 4 aliphatic carbocycles. The van der Waals surface area contributed by atoms with Crippen molar-refractivity contribution >= 4 is 5.91 Å². The summed E-state index contributed by atoms with van der Waals surface area (Å²) in [4.78, 5) is 15.7. The normalized spacial score (nSPS) is 31.9. The van der Waals surface area contributed by atoms with Crippen molar-refractivity contribution in [3.05, 3.63) is 64.7 Å². The van der Waals surface area contributed by atoms with Gasteiger partial charge in [0.05, 0.1) is 17.7 Å². The number of nitrogens with zero attached hydrogens (tertiary/aromatic N) is 2. The van der Waals surface area contributed by atoms with E-state index in [1.165, 1.54) is 32.1 Å². The third kappa shape index (κ3) is 5.95. The second kappa shape index (κ2) is 12.6. The van der Waals surface area contributed by atoms with Crippen molar-refractivity contribution in [3.8, 4) is 11.8 Å². The predicted octanol–water partition coefficient (Wildman–Crippen LogP) is 7.55. The van der Waals surface area contributed by atoms with Crippen molar-refractivity contribution in [3.63, 3.8) is 0 Å². The third-order valence-electron chi connectivity index (χ3n) is 11.8. The number of carbonyl (C=O) groups excluding carboxylic acids is 1. The first-order valence-corrected chi connectivity index (χ1v) is 16.7. The van der Waals surface area contributed by atoms with Crippen LogP contribution in [0.4, 0.5) is 4.39 Å². The smallest absolute Gasteiger partial charge is 0.253 e. The number of phenols is 1. The highest BCUT2D eigenvalue weighted by Gasteiger charge is 2.59. The van der Waals surface area contributed by atoms with Crippen molar-refractivity contribution in [2.75, 3.05) is 13.1 Å². The van der Waals surface area contributed by atoms with Gasteiger partial charge in [-0.05, 0) is 128 Å². The van der Waals surface area contributed by atoms with E-state index in [0.717, 1.165) is 56.2 Å². The van der Waals surface area contributed by atoms with E-state index < -0.39 is 12.3 Å². The van der Waals surface area contributed by atoms with Crippen molar-refractivity contribution in [2.45, 2.75) is 102 Å². The number of hydrogen-bond acceptors (Lipinski definition) is 4. The molecule has 6 rings (SSSR count). The average Bonchev–Trinajstić information content (AvgIpc) is 3.31. The third-order valence-corrected chi connectivity index (χ3v) is 11.8. The zero-order valence-electron chi connectivity index (χ0n) is 25.6. The fourth-order valence-electron chi connectivity index (χ4n) is 9.57. The van der Waals surface area contributed by atoms with Crippen LogP contribution in [0.1, 0.15) is 111 Å². The number of aromatic hydroxyl groups is 1. The quantitative estimate of drug-likeness (QED) is 0.313. The van der Waals surface area contributed by atoms with E-state index in [0.29, 0.717) is 35.9 Å². The van der Waals surface area contributed by atoms with Crippen LogP contribution in [0.3, 0.4) is 0 Å². The Morgan fingerprint density at radius 3 is 2.58 bits per heavy atom. The topological polar surface area (TPSA) is 84.6 Å². The second-order valence-corrected chi connectivity index (χ2v) is 14.3. The lowest BCUT2D eigenvalue weighted by Gasteiger charge is -2.54. The molecule has 3 saturated carbocycles. The van der Waals surface area contributed by atoms with Crippen molar-refractivity contribution in [1.29, 1.82) is 5.26 Å². The number of amides is 1. The molecule has 2 N–H and O–H groups in total. The largest absolute Gasteiger partial charge is 0.508 e. The Labute approximate surface area is 256 Å². The van der Waals surface area contributed by atoms with Gasteiger partial charge in [0.2, 0.25) is 0 Å². The van der Waals surface area contributed by atoms with E-state index >= 15 is 4.39 Å². The van der Waals surface area contributed by atoms with E-state index in [4.69, 9.17) is 0 Å². The van der Waals surface area contributed by atoms with Gasteiger partial charge in [0.1, 0.15) is 11.9 Å². The SMILES string of the molecule is C[C@]12C[C@H](F)[C@@H]3c4ccc(O)cc4C[C@@H](CCCCN(CC4CCCCC4)C(=O)c4ccc(C#N)cc4)[C@H]3[C@@H]1CC[C@@H]2O. The molecular formula is C37H47FN2O3. The van der Waals surface area contributed by atoms with Gasteiger partial charge in [0.25, 0.3) is 5.91 Å². The number of benzene rings is 2. The number of aliphatic hydroxyl groups excluding tert-OH is 1. The summed E-state index contributed by atoms with van der Waals surface area (Å²) in [5, 5.41) is 30.4. The van der Waals surface area contributed by atoms with Crippen LogP contribution in [0.15, 0.2) is 42.5 Å². The lowest BCUT2D eigenvalue weighted by molar-refractivity contribution is -0.0722. The average molecular weight is 587 g/mol. The molecule has 7 atom stereocenters. The van der Waals surface area contributed by atoms with Crippen molar-refractivity contribution in [2.24, 2.45) is 29.1 Å². The maximum atomic E-state index is 16.1. The van der Waals surface area contributed by atoms with E-state index in [-0.39, 0.29) is 34.8 Å². The molecule has 43 heavy (non-hydrogen) atoms. The molecule has 0 bridgehead atoms. The summed E-state index contributed by atoms with van der Waals surface area (Å²) in [5.41, 5.74) is 2.95. The number of fused-ring (bicyclic) bond motifs is 5. The van der Waals surface area contributed by atoms with Gasteiger partial charge in [0.15, 0.2) is 0 Å². The number of halogens is 1. The minimum atomic E-state index is -0.999. The van der Waals surface area contributed by atoms with Crippen LogP contribution >= 0.6 is 0 Å².